The molecule has 0 spiro atoms. The predicted molar refractivity (Wildman–Crippen MR) is 90.0 cm³/mol. The van der Waals surface area contributed by atoms with Gasteiger partial charge in [0.25, 0.3) is 0 Å². The number of hydrogen-bond donors (Lipinski definition) is 1. The maximum atomic E-state index is 12.4. The Morgan fingerprint density at radius 3 is 2.19 bits per heavy atom. The van der Waals surface area contributed by atoms with E-state index in [0.717, 1.165) is 11.5 Å². The van der Waals surface area contributed by atoms with Crippen molar-refractivity contribution in [3.63, 3.8) is 0 Å². The molecule has 122 valence electrons. The van der Waals surface area contributed by atoms with Crippen molar-refractivity contribution in [2.75, 3.05) is 0 Å². The highest BCUT2D eigenvalue weighted by Crippen LogP contribution is 2.14. The molecule has 2 nitrogen and oxygen atoms in total. The number of rotatable bonds is 4. The van der Waals surface area contributed by atoms with E-state index in [1.54, 1.807) is 12.1 Å². The van der Waals surface area contributed by atoms with Crippen molar-refractivity contribution in [1.82, 2.24) is 0 Å². The van der Waals surface area contributed by atoms with Gasteiger partial charge in [-0.05, 0) is 30.5 Å². The number of primary amides is 1. The van der Waals surface area contributed by atoms with Crippen LogP contribution in [0.4, 0.5) is 4.39 Å². The molecule has 0 aliphatic rings. The molecule has 0 radical (unpaired) electrons. The highest BCUT2D eigenvalue weighted by Gasteiger charge is 1.95. The lowest BCUT2D eigenvalue weighted by Gasteiger charge is -2.00. The molecule has 0 atom stereocenters. The molecule has 0 aliphatic heterocycles. The third-order valence-electron chi connectivity index (χ3n) is 2.46. The Kier molecular flexibility index (Phi) is 14.7. The van der Waals surface area contributed by atoms with Gasteiger partial charge in [0.1, 0.15) is 5.82 Å². The summed E-state index contributed by atoms with van der Waals surface area (Å²) in [6, 6.07) is 4.63. The average molecular weight is 318 g/mol. The summed E-state index contributed by atoms with van der Waals surface area (Å²) >= 11 is 5.44. The summed E-state index contributed by atoms with van der Waals surface area (Å²) in [6.45, 7) is 10.00. The third-order valence-corrected chi connectivity index (χ3v) is 2.75. The SMILES string of the molecule is CC(N)=O.CCCCCC(C)C.Cc1ccc(F)c(Cl)c1. The Morgan fingerprint density at radius 2 is 1.86 bits per heavy atom. The summed E-state index contributed by atoms with van der Waals surface area (Å²) in [6.07, 6.45) is 5.60. The van der Waals surface area contributed by atoms with Crippen LogP contribution in [0.15, 0.2) is 18.2 Å². The summed E-state index contributed by atoms with van der Waals surface area (Å²) in [5.74, 6) is 0.212. The Hall–Kier alpha value is -1.09. The predicted octanol–water partition coefficient (Wildman–Crippen LogP) is 5.50. The number of aryl methyl sites for hydroxylation is 1. The second-order valence-corrected chi connectivity index (χ2v) is 5.83. The van der Waals surface area contributed by atoms with E-state index >= 15 is 0 Å². The van der Waals surface area contributed by atoms with Crippen LogP contribution in [0.2, 0.25) is 5.02 Å². The van der Waals surface area contributed by atoms with Gasteiger partial charge in [0.2, 0.25) is 5.91 Å². The van der Waals surface area contributed by atoms with Crippen LogP contribution in [0.3, 0.4) is 0 Å². The van der Waals surface area contributed by atoms with E-state index in [-0.39, 0.29) is 16.7 Å². The van der Waals surface area contributed by atoms with Crippen LogP contribution in [0, 0.1) is 18.7 Å². The zero-order valence-electron chi connectivity index (χ0n) is 13.9. The highest BCUT2D eigenvalue weighted by molar-refractivity contribution is 6.30. The Labute approximate surface area is 133 Å². The molecular formula is C17H29ClFNO. The second kappa shape index (κ2) is 13.9. The van der Waals surface area contributed by atoms with Crippen LogP contribution in [0.25, 0.3) is 0 Å². The zero-order chi connectivity index (χ0) is 16.8. The van der Waals surface area contributed by atoms with Crippen LogP contribution in [-0.4, -0.2) is 5.91 Å². The van der Waals surface area contributed by atoms with E-state index < -0.39 is 0 Å². The van der Waals surface area contributed by atoms with Crippen LogP contribution >= 0.6 is 11.6 Å². The van der Waals surface area contributed by atoms with Gasteiger partial charge >= 0.3 is 0 Å². The summed E-state index contributed by atoms with van der Waals surface area (Å²) in [5.41, 5.74) is 5.45. The number of carbonyl (C=O) groups is 1. The second-order valence-electron chi connectivity index (χ2n) is 5.42. The van der Waals surface area contributed by atoms with Crippen molar-refractivity contribution in [2.24, 2.45) is 11.7 Å². The van der Waals surface area contributed by atoms with Gasteiger partial charge < -0.3 is 5.73 Å². The first-order chi connectivity index (χ1) is 9.70. The fraction of sp³-hybridized carbons (Fsp3) is 0.588. The van der Waals surface area contributed by atoms with E-state index in [9.17, 15) is 9.18 Å². The molecule has 0 aliphatic carbocycles. The lowest BCUT2D eigenvalue weighted by molar-refractivity contribution is -0.115. The molecule has 2 N–H and O–H groups in total. The van der Waals surface area contributed by atoms with E-state index in [2.05, 4.69) is 26.5 Å². The van der Waals surface area contributed by atoms with Gasteiger partial charge in [-0.2, -0.15) is 0 Å². The highest BCUT2D eigenvalue weighted by atomic mass is 35.5. The van der Waals surface area contributed by atoms with Gasteiger partial charge in [-0.1, -0.05) is 64.1 Å². The molecule has 1 aromatic rings. The van der Waals surface area contributed by atoms with Crippen LogP contribution < -0.4 is 5.73 Å². The number of unbranched alkanes of at least 4 members (excludes halogenated alkanes) is 2. The molecule has 1 rings (SSSR count). The Bertz CT molecular complexity index is 390. The normalized spacial score (nSPS) is 9.33. The van der Waals surface area contributed by atoms with Gasteiger partial charge in [-0.15, -0.1) is 0 Å². The summed E-state index contributed by atoms with van der Waals surface area (Å²) in [5, 5.41) is 0.190. The molecule has 1 amide bonds. The Balaban J connectivity index is 0. The van der Waals surface area contributed by atoms with Gasteiger partial charge in [0.15, 0.2) is 0 Å². The molecule has 1 aromatic carbocycles. The van der Waals surface area contributed by atoms with Gasteiger partial charge in [-0.25, -0.2) is 4.39 Å². The fourth-order valence-corrected chi connectivity index (χ4v) is 1.64. The first-order valence-corrected chi connectivity index (χ1v) is 7.76. The molecule has 4 heteroatoms. The fourth-order valence-electron chi connectivity index (χ4n) is 1.40. The molecule has 21 heavy (non-hydrogen) atoms. The quantitative estimate of drug-likeness (QED) is 0.732. The molecule has 0 fully saturated rings. The van der Waals surface area contributed by atoms with Crippen molar-refractivity contribution >= 4 is 17.5 Å². The first-order valence-electron chi connectivity index (χ1n) is 7.38. The van der Waals surface area contributed by atoms with E-state index in [1.807, 2.05) is 6.92 Å². The van der Waals surface area contributed by atoms with Crippen LogP contribution in [0.5, 0.6) is 0 Å². The third kappa shape index (κ3) is 18.9. The van der Waals surface area contributed by atoms with Crippen molar-refractivity contribution in [1.29, 1.82) is 0 Å². The number of amides is 1. The van der Waals surface area contributed by atoms with Gasteiger partial charge in [0.05, 0.1) is 5.02 Å². The van der Waals surface area contributed by atoms with Crippen LogP contribution in [-0.2, 0) is 4.79 Å². The summed E-state index contributed by atoms with van der Waals surface area (Å²) in [4.78, 5) is 9.22. The van der Waals surface area contributed by atoms with Gasteiger partial charge in [0, 0.05) is 6.92 Å². The minimum atomic E-state index is -0.359. The maximum Gasteiger partial charge on any atom is 0.214 e. The average Bonchev–Trinajstić information content (AvgIpc) is 2.34. The van der Waals surface area contributed by atoms with Crippen molar-refractivity contribution in [3.05, 3.63) is 34.6 Å². The first kappa shape index (κ1) is 22.2. The number of nitrogens with two attached hydrogens (primary N) is 1. The lowest BCUT2D eigenvalue weighted by Crippen LogP contribution is -2.01. The minimum absolute atomic E-state index is 0.190. The van der Waals surface area contributed by atoms with Crippen molar-refractivity contribution < 1.29 is 9.18 Å². The van der Waals surface area contributed by atoms with E-state index in [0.29, 0.717) is 0 Å². The van der Waals surface area contributed by atoms with Crippen molar-refractivity contribution in [3.8, 4) is 0 Å². The number of carbonyl (C=O) groups excluding carboxylic acids is 1. The summed E-state index contributed by atoms with van der Waals surface area (Å²) in [7, 11) is 0. The molecule has 0 unspecified atom stereocenters. The van der Waals surface area contributed by atoms with Gasteiger partial charge in [-0.3, -0.25) is 4.79 Å². The molecule has 0 bridgehead atoms. The zero-order valence-corrected chi connectivity index (χ0v) is 14.6. The number of halogens is 2. The Morgan fingerprint density at radius 1 is 1.33 bits per heavy atom. The number of hydrogen-bond acceptors (Lipinski definition) is 1. The minimum Gasteiger partial charge on any atom is -0.370 e. The lowest BCUT2D eigenvalue weighted by atomic mass is 10.1. The smallest absolute Gasteiger partial charge is 0.214 e. The standard InChI is InChI=1S/C8H18.C7H6ClF.C2H5NO/c1-4-5-6-7-8(2)3;1-5-2-3-7(9)6(8)4-5;1-2(3)4/h8H,4-7H2,1-3H3;2-4H,1H3;1H3,(H2,3,4). The largest absolute Gasteiger partial charge is 0.370 e. The van der Waals surface area contributed by atoms with Crippen molar-refractivity contribution in [2.45, 2.75) is 60.3 Å². The molecule has 0 aromatic heterocycles. The summed E-state index contributed by atoms with van der Waals surface area (Å²) < 4.78 is 12.4. The molecule has 0 saturated heterocycles. The molecule has 0 heterocycles. The van der Waals surface area contributed by atoms with Crippen LogP contribution in [0.1, 0.15) is 58.9 Å². The van der Waals surface area contributed by atoms with E-state index in [4.69, 9.17) is 11.6 Å². The molecule has 0 saturated carbocycles. The molecular weight excluding hydrogens is 289 g/mol. The maximum absolute atomic E-state index is 12.4. The van der Waals surface area contributed by atoms with E-state index in [1.165, 1.54) is 38.7 Å². The number of benzene rings is 1. The monoisotopic (exact) mass is 317 g/mol. The topological polar surface area (TPSA) is 43.1 Å².